The molecule has 0 saturated heterocycles. The zero-order chi connectivity index (χ0) is 13.7. The molecular weight excluding hydrogens is 236 g/mol. The van der Waals surface area contributed by atoms with E-state index in [2.05, 4.69) is 5.32 Å². The topological polar surface area (TPSA) is 109 Å². The van der Waals surface area contributed by atoms with E-state index in [4.69, 9.17) is 10.8 Å². The molecule has 4 N–H and O–H groups in total. The highest BCUT2D eigenvalue weighted by Gasteiger charge is 2.16. The molecule has 1 aromatic rings. The van der Waals surface area contributed by atoms with Crippen molar-refractivity contribution in [1.29, 1.82) is 0 Å². The van der Waals surface area contributed by atoms with Gasteiger partial charge in [0.05, 0.1) is 5.56 Å². The van der Waals surface area contributed by atoms with E-state index in [1.807, 2.05) is 0 Å². The lowest BCUT2D eigenvalue weighted by molar-refractivity contribution is -0.126. The fraction of sp³-hybridized carbons (Fsp3) is 0.250. The molecule has 0 fully saturated rings. The van der Waals surface area contributed by atoms with Crippen LogP contribution in [0.15, 0.2) is 24.3 Å². The normalized spacial score (nSPS) is 11.6. The third kappa shape index (κ3) is 3.89. The van der Waals surface area contributed by atoms with Crippen LogP contribution in [0.3, 0.4) is 0 Å². The molecule has 0 aliphatic heterocycles. The van der Waals surface area contributed by atoms with Crippen molar-refractivity contribution in [2.45, 2.75) is 19.4 Å². The van der Waals surface area contributed by atoms with Gasteiger partial charge in [-0.05, 0) is 17.7 Å². The number of aromatic carboxylic acids is 1. The van der Waals surface area contributed by atoms with Crippen molar-refractivity contribution in [2.24, 2.45) is 5.73 Å². The van der Waals surface area contributed by atoms with Crippen molar-refractivity contribution in [1.82, 2.24) is 5.32 Å². The molecule has 0 aliphatic rings. The molecule has 0 unspecified atom stereocenters. The Morgan fingerprint density at radius 1 is 1.28 bits per heavy atom. The van der Waals surface area contributed by atoms with Gasteiger partial charge in [-0.2, -0.15) is 0 Å². The summed E-state index contributed by atoms with van der Waals surface area (Å²) in [6.45, 7) is 1.30. The third-order valence-electron chi connectivity index (χ3n) is 2.36. The smallest absolute Gasteiger partial charge is 0.335 e. The second-order valence-corrected chi connectivity index (χ2v) is 3.86. The molecule has 1 rings (SSSR count). The van der Waals surface area contributed by atoms with Gasteiger partial charge in [0.1, 0.15) is 6.04 Å². The van der Waals surface area contributed by atoms with Crippen LogP contribution in [0.4, 0.5) is 0 Å². The average molecular weight is 250 g/mol. The fourth-order valence-corrected chi connectivity index (χ4v) is 1.49. The van der Waals surface area contributed by atoms with Crippen LogP contribution in [-0.4, -0.2) is 28.9 Å². The number of hydrogen-bond acceptors (Lipinski definition) is 3. The first-order valence-electron chi connectivity index (χ1n) is 5.29. The average Bonchev–Trinajstić information content (AvgIpc) is 2.28. The van der Waals surface area contributed by atoms with Crippen LogP contribution in [0.1, 0.15) is 22.8 Å². The predicted molar refractivity (Wildman–Crippen MR) is 63.9 cm³/mol. The number of carbonyl (C=O) groups is 3. The summed E-state index contributed by atoms with van der Waals surface area (Å²) in [7, 11) is 0. The number of nitrogens with one attached hydrogen (secondary N) is 1. The second kappa shape index (κ2) is 5.81. The fourth-order valence-electron chi connectivity index (χ4n) is 1.49. The first kappa shape index (κ1) is 13.7. The number of rotatable bonds is 5. The summed E-state index contributed by atoms with van der Waals surface area (Å²) in [5, 5.41) is 11.2. The van der Waals surface area contributed by atoms with Crippen molar-refractivity contribution >= 4 is 17.8 Å². The number of carbonyl (C=O) groups excluding carboxylic acids is 2. The Morgan fingerprint density at radius 3 is 2.22 bits per heavy atom. The zero-order valence-electron chi connectivity index (χ0n) is 9.84. The first-order valence-corrected chi connectivity index (χ1v) is 5.29. The van der Waals surface area contributed by atoms with Gasteiger partial charge >= 0.3 is 5.97 Å². The van der Waals surface area contributed by atoms with Crippen molar-refractivity contribution in [3.05, 3.63) is 35.4 Å². The van der Waals surface area contributed by atoms with Crippen LogP contribution in [-0.2, 0) is 16.0 Å². The molecule has 0 radical (unpaired) electrons. The summed E-state index contributed by atoms with van der Waals surface area (Å²) in [6, 6.07) is 5.24. The van der Waals surface area contributed by atoms with Crippen LogP contribution < -0.4 is 11.1 Å². The van der Waals surface area contributed by atoms with E-state index in [0.717, 1.165) is 5.56 Å². The second-order valence-electron chi connectivity index (χ2n) is 3.86. The van der Waals surface area contributed by atoms with E-state index in [1.165, 1.54) is 19.1 Å². The number of amides is 2. The van der Waals surface area contributed by atoms with Gasteiger partial charge in [-0.1, -0.05) is 12.1 Å². The lowest BCUT2D eigenvalue weighted by Crippen LogP contribution is -2.44. The standard InChI is InChI=1S/C12H14N2O4/c1-7(15)14-10(11(13)16)6-8-2-4-9(5-3-8)12(17)18/h2-5,10H,6H2,1H3,(H2,13,16)(H,14,15)(H,17,18)/t10-/m0/s1. The highest BCUT2D eigenvalue weighted by atomic mass is 16.4. The van der Waals surface area contributed by atoms with Crippen molar-refractivity contribution in [3.8, 4) is 0 Å². The van der Waals surface area contributed by atoms with Crippen molar-refractivity contribution < 1.29 is 19.5 Å². The molecule has 96 valence electrons. The molecule has 0 saturated carbocycles. The SMILES string of the molecule is CC(=O)N[C@@H](Cc1ccc(C(=O)O)cc1)C(N)=O. The van der Waals surface area contributed by atoms with Gasteiger partial charge in [-0.3, -0.25) is 9.59 Å². The summed E-state index contributed by atoms with van der Waals surface area (Å²) < 4.78 is 0. The van der Waals surface area contributed by atoms with E-state index in [9.17, 15) is 14.4 Å². The largest absolute Gasteiger partial charge is 0.478 e. The number of benzene rings is 1. The van der Waals surface area contributed by atoms with E-state index in [-0.39, 0.29) is 17.9 Å². The summed E-state index contributed by atoms with van der Waals surface area (Å²) in [5.74, 6) is -2.00. The van der Waals surface area contributed by atoms with Gasteiger partial charge in [0.2, 0.25) is 11.8 Å². The first-order chi connectivity index (χ1) is 8.40. The minimum Gasteiger partial charge on any atom is -0.478 e. The monoisotopic (exact) mass is 250 g/mol. The third-order valence-corrected chi connectivity index (χ3v) is 2.36. The Labute approximate surface area is 104 Å². The van der Waals surface area contributed by atoms with Gasteiger partial charge in [-0.25, -0.2) is 4.79 Å². The van der Waals surface area contributed by atoms with E-state index < -0.39 is 17.9 Å². The maximum atomic E-state index is 11.1. The molecule has 0 aromatic heterocycles. The lowest BCUT2D eigenvalue weighted by atomic mass is 10.0. The lowest BCUT2D eigenvalue weighted by Gasteiger charge is -2.14. The van der Waals surface area contributed by atoms with Crippen LogP contribution in [0.5, 0.6) is 0 Å². The number of carboxylic acid groups (broad SMARTS) is 1. The summed E-state index contributed by atoms with van der Waals surface area (Å²) in [4.78, 5) is 32.7. The number of primary amides is 1. The number of hydrogen-bond donors (Lipinski definition) is 3. The van der Waals surface area contributed by atoms with E-state index >= 15 is 0 Å². The molecule has 2 amide bonds. The Hall–Kier alpha value is -2.37. The summed E-state index contributed by atoms with van der Waals surface area (Å²) in [6.07, 6.45) is 0.231. The van der Waals surface area contributed by atoms with Gasteiger partial charge in [0, 0.05) is 13.3 Å². The molecule has 18 heavy (non-hydrogen) atoms. The predicted octanol–water partition coefficient (Wildman–Crippen LogP) is -0.0827. The number of nitrogens with two attached hydrogens (primary N) is 1. The molecule has 1 aromatic carbocycles. The molecule has 6 nitrogen and oxygen atoms in total. The zero-order valence-corrected chi connectivity index (χ0v) is 9.84. The minimum absolute atomic E-state index is 0.161. The van der Waals surface area contributed by atoms with Gasteiger partial charge in [0.25, 0.3) is 0 Å². The summed E-state index contributed by atoms with van der Waals surface area (Å²) >= 11 is 0. The molecule has 0 heterocycles. The Morgan fingerprint density at radius 2 is 1.83 bits per heavy atom. The Kier molecular flexibility index (Phi) is 4.42. The van der Waals surface area contributed by atoms with Gasteiger partial charge in [0.15, 0.2) is 0 Å². The minimum atomic E-state index is -1.02. The van der Waals surface area contributed by atoms with Gasteiger partial charge in [-0.15, -0.1) is 0 Å². The Bertz CT molecular complexity index is 467. The van der Waals surface area contributed by atoms with E-state index in [0.29, 0.717) is 0 Å². The molecule has 6 heteroatoms. The van der Waals surface area contributed by atoms with Crippen LogP contribution >= 0.6 is 0 Å². The number of carboxylic acids is 1. The molecule has 0 aliphatic carbocycles. The van der Waals surface area contributed by atoms with E-state index in [1.54, 1.807) is 12.1 Å². The highest BCUT2D eigenvalue weighted by molar-refractivity contribution is 5.88. The molecule has 0 bridgehead atoms. The molecule has 0 spiro atoms. The maximum Gasteiger partial charge on any atom is 0.335 e. The van der Waals surface area contributed by atoms with Crippen LogP contribution in [0.25, 0.3) is 0 Å². The van der Waals surface area contributed by atoms with Crippen molar-refractivity contribution in [2.75, 3.05) is 0 Å². The van der Waals surface area contributed by atoms with Crippen molar-refractivity contribution in [3.63, 3.8) is 0 Å². The summed E-state index contributed by atoms with van der Waals surface area (Å²) in [5.41, 5.74) is 6.04. The maximum absolute atomic E-state index is 11.1. The van der Waals surface area contributed by atoms with Crippen LogP contribution in [0.2, 0.25) is 0 Å². The van der Waals surface area contributed by atoms with Gasteiger partial charge < -0.3 is 16.2 Å². The Balaban J connectivity index is 2.78. The highest BCUT2D eigenvalue weighted by Crippen LogP contribution is 2.07. The quantitative estimate of drug-likeness (QED) is 0.678. The molecular formula is C12H14N2O4. The molecule has 1 atom stereocenters. The van der Waals surface area contributed by atoms with Crippen LogP contribution in [0, 0.1) is 0 Å².